The molecule has 0 aliphatic rings. The predicted octanol–water partition coefficient (Wildman–Crippen LogP) is 2.16. The maximum Gasteiger partial charge on any atom is 0.371 e. The average Bonchev–Trinajstić information content (AvgIpc) is 2.31. The van der Waals surface area contributed by atoms with Crippen LogP contribution < -0.4 is 4.74 Å². The van der Waals surface area contributed by atoms with Crippen molar-refractivity contribution in [1.29, 1.82) is 0 Å². The second kappa shape index (κ2) is 3.12. The SMILES string of the molecule is CC(C)(C)Oc1coc(C(=O)O)c1. The van der Waals surface area contributed by atoms with Gasteiger partial charge in [-0.15, -0.1) is 0 Å². The normalized spacial score (nSPS) is 11.3. The van der Waals surface area contributed by atoms with Gasteiger partial charge in [0.25, 0.3) is 0 Å². The van der Waals surface area contributed by atoms with Gasteiger partial charge < -0.3 is 14.3 Å². The van der Waals surface area contributed by atoms with Crippen molar-refractivity contribution in [3.63, 3.8) is 0 Å². The lowest BCUT2D eigenvalue weighted by atomic mass is 10.2. The molecule has 0 aliphatic carbocycles. The summed E-state index contributed by atoms with van der Waals surface area (Å²) in [6.07, 6.45) is 1.29. The monoisotopic (exact) mass is 184 g/mol. The summed E-state index contributed by atoms with van der Waals surface area (Å²) in [6.45, 7) is 5.63. The van der Waals surface area contributed by atoms with Crippen LogP contribution in [0.15, 0.2) is 16.7 Å². The Morgan fingerprint density at radius 2 is 2.15 bits per heavy atom. The number of hydrogen-bond donors (Lipinski definition) is 1. The van der Waals surface area contributed by atoms with E-state index in [1.807, 2.05) is 20.8 Å². The molecule has 72 valence electrons. The molecule has 0 fully saturated rings. The molecule has 0 aromatic carbocycles. The summed E-state index contributed by atoms with van der Waals surface area (Å²) >= 11 is 0. The van der Waals surface area contributed by atoms with Crippen molar-refractivity contribution in [3.8, 4) is 5.75 Å². The molecular weight excluding hydrogens is 172 g/mol. The molecule has 0 unspecified atom stereocenters. The lowest BCUT2D eigenvalue weighted by Crippen LogP contribution is -2.22. The molecule has 1 heterocycles. The smallest absolute Gasteiger partial charge is 0.371 e. The van der Waals surface area contributed by atoms with Crippen LogP contribution >= 0.6 is 0 Å². The maximum atomic E-state index is 10.4. The summed E-state index contributed by atoms with van der Waals surface area (Å²) in [7, 11) is 0. The fourth-order valence-corrected chi connectivity index (χ4v) is 0.838. The summed E-state index contributed by atoms with van der Waals surface area (Å²) in [4.78, 5) is 10.4. The van der Waals surface area contributed by atoms with Crippen LogP contribution in [0.4, 0.5) is 0 Å². The Bertz CT molecular complexity index is 306. The summed E-state index contributed by atoms with van der Waals surface area (Å²) in [5.41, 5.74) is -0.348. The minimum Gasteiger partial charge on any atom is -0.485 e. The van der Waals surface area contributed by atoms with Gasteiger partial charge in [0.15, 0.2) is 5.75 Å². The lowest BCUT2D eigenvalue weighted by molar-refractivity contribution is 0.0662. The number of carboxylic acids is 1. The molecule has 1 rings (SSSR count). The average molecular weight is 184 g/mol. The van der Waals surface area contributed by atoms with Gasteiger partial charge in [-0.2, -0.15) is 0 Å². The largest absolute Gasteiger partial charge is 0.485 e. The van der Waals surface area contributed by atoms with Crippen LogP contribution in [0.3, 0.4) is 0 Å². The zero-order chi connectivity index (χ0) is 10.1. The van der Waals surface area contributed by atoms with Crippen LogP contribution in [-0.4, -0.2) is 16.7 Å². The minimum absolute atomic E-state index is 0.112. The molecule has 0 bridgehead atoms. The Morgan fingerprint density at radius 1 is 1.54 bits per heavy atom. The molecule has 0 radical (unpaired) electrons. The van der Waals surface area contributed by atoms with Crippen molar-refractivity contribution in [3.05, 3.63) is 18.1 Å². The van der Waals surface area contributed by atoms with E-state index in [9.17, 15) is 4.79 Å². The first-order valence-corrected chi connectivity index (χ1v) is 3.89. The van der Waals surface area contributed by atoms with Crippen molar-refractivity contribution in [2.75, 3.05) is 0 Å². The Hall–Kier alpha value is -1.45. The minimum atomic E-state index is -1.09. The highest BCUT2D eigenvalue weighted by atomic mass is 16.5. The third-order valence-corrected chi connectivity index (χ3v) is 1.21. The van der Waals surface area contributed by atoms with Gasteiger partial charge >= 0.3 is 5.97 Å². The van der Waals surface area contributed by atoms with Gasteiger partial charge in [-0.25, -0.2) is 4.79 Å². The zero-order valence-corrected chi connectivity index (χ0v) is 7.83. The second-order valence-electron chi connectivity index (χ2n) is 3.67. The number of rotatable bonds is 2. The number of carbonyl (C=O) groups is 1. The Balaban J connectivity index is 2.75. The summed E-state index contributed by atoms with van der Waals surface area (Å²) < 4.78 is 10.1. The van der Waals surface area contributed by atoms with E-state index >= 15 is 0 Å². The zero-order valence-electron chi connectivity index (χ0n) is 7.83. The standard InChI is InChI=1S/C9H12O4/c1-9(2,3)13-6-4-7(8(10)11)12-5-6/h4-5H,1-3H3,(H,10,11). The third-order valence-electron chi connectivity index (χ3n) is 1.21. The van der Waals surface area contributed by atoms with E-state index in [0.29, 0.717) is 5.75 Å². The molecule has 13 heavy (non-hydrogen) atoms. The first-order chi connectivity index (χ1) is 5.88. The molecule has 1 aromatic heterocycles. The molecule has 1 N–H and O–H groups in total. The fourth-order valence-electron chi connectivity index (χ4n) is 0.838. The maximum absolute atomic E-state index is 10.4. The van der Waals surface area contributed by atoms with E-state index in [-0.39, 0.29) is 11.4 Å². The fraction of sp³-hybridized carbons (Fsp3) is 0.444. The van der Waals surface area contributed by atoms with Crippen LogP contribution in [0.25, 0.3) is 0 Å². The van der Waals surface area contributed by atoms with Gasteiger partial charge in [0.2, 0.25) is 5.76 Å². The molecule has 4 heteroatoms. The molecular formula is C9H12O4. The third kappa shape index (κ3) is 2.82. The van der Waals surface area contributed by atoms with Crippen LogP contribution in [0.2, 0.25) is 0 Å². The Morgan fingerprint density at radius 3 is 2.54 bits per heavy atom. The molecule has 0 saturated carbocycles. The molecule has 0 atom stereocenters. The molecule has 1 aromatic rings. The number of carboxylic acid groups (broad SMARTS) is 1. The number of furan rings is 1. The van der Waals surface area contributed by atoms with Crippen molar-refractivity contribution in [2.24, 2.45) is 0 Å². The van der Waals surface area contributed by atoms with Gasteiger partial charge in [-0.1, -0.05) is 0 Å². The highest BCUT2D eigenvalue weighted by Gasteiger charge is 2.15. The molecule has 4 nitrogen and oxygen atoms in total. The Labute approximate surface area is 76.1 Å². The van der Waals surface area contributed by atoms with Crippen LogP contribution in [-0.2, 0) is 0 Å². The van der Waals surface area contributed by atoms with Crippen molar-refractivity contribution < 1.29 is 19.1 Å². The van der Waals surface area contributed by atoms with Gasteiger partial charge in [0.05, 0.1) is 0 Å². The van der Waals surface area contributed by atoms with Crippen molar-refractivity contribution in [2.45, 2.75) is 26.4 Å². The lowest BCUT2D eigenvalue weighted by Gasteiger charge is -2.19. The number of hydrogen-bond acceptors (Lipinski definition) is 3. The van der Waals surface area contributed by atoms with E-state index < -0.39 is 5.97 Å². The summed E-state index contributed by atoms with van der Waals surface area (Å²) in [6, 6.07) is 1.35. The first-order valence-electron chi connectivity index (χ1n) is 3.89. The predicted molar refractivity (Wildman–Crippen MR) is 46.0 cm³/mol. The molecule has 0 aliphatic heterocycles. The molecule has 0 amide bonds. The van der Waals surface area contributed by atoms with E-state index in [4.69, 9.17) is 14.3 Å². The van der Waals surface area contributed by atoms with E-state index in [2.05, 4.69) is 0 Å². The van der Waals surface area contributed by atoms with Crippen LogP contribution in [0, 0.1) is 0 Å². The summed E-state index contributed by atoms with van der Waals surface area (Å²) in [5.74, 6) is -0.770. The van der Waals surface area contributed by atoms with Crippen molar-refractivity contribution >= 4 is 5.97 Å². The first kappa shape index (κ1) is 9.64. The quantitative estimate of drug-likeness (QED) is 0.765. The highest BCUT2D eigenvalue weighted by molar-refractivity contribution is 5.84. The molecule has 0 saturated heterocycles. The number of aromatic carboxylic acids is 1. The van der Waals surface area contributed by atoms with Crippen molar-refractivity contribution in [1.82, 2.24) is 0 Å². The topological polar surface area (TPSA) is 59.7 Å². The van der Waals surface area contributed by atoms with Crippen LogP contribution in [0.5, 0.6) is 5.75 Å². The number of ether oxygens (including phenoxy) is 1. The summed E-state index contributed by atoms with van der Waals surface area (Å²) in [5, 5.41) is 8.55. The van der Waals surface area contributed by atoms with E-state index in [0.717, 1.165) is 0 Å². The van der Waals surface area contributed by atoms with Gasteiger partial charge in [0.1, 0.15) is 11.9 Å². The molecule has 0 spiro atoms. The Kier molecular flexibility index (Phi) is 2.32. The van der Waals surface area contributed by atoms with Crippen LogP contribution in [0.1, 0.15) is 31.3 Å². The van der Waals surface area contributed by atoms with Gasteiger partial charge in [0, 0.05) is 6.07 Å². The second-order valence-corrected chi connectivity index (χ2v) is 3.67. The van der Waals surface area contributed by atoms with Gasteiger partial charge in [-0.3, -0.25) is 0 Å². The van der Waals surface area contributed by atoms with E-state index in [1.54, 1.807) is 0 Å². The van der Waals surface area contributed by atoms with E-state index in [1.165, 1.54) is 12.3 Å². The highest BCUT2D eigenvalue weighted by Crippen LogP contribution is 2.20. The van der Waals surface area contributed by atoms with Gasteiger partial charge in [-0.05, 0) is 20.8 Å².